The van der Waals surface area contributed by atoms with Gasteiger partial charge >= 0.3 is 0 Å². The fourth-order valence-corrected chi connectivity index (χ4v) is 3.26. The number of ether oxygens (including phenoxy) is 1. The van der Waals surface area contributed by atoms with E-state index in [-0.39, 0.29) is 11.8 Å². The number of aliphatic hydroxyl groups excluding tert-OH is 1. The molecule has 1 amide bonds. The Kier molecular flexibility index (Phi) is 6.96. The summed E-state index contributed by atoms with van der Waals surface area (Å²) in [6.45, 7) is 10.7. The maximum absolute atomic E-state index is 11.1. The second kappa shape index (κ2) is 7.99. The molecule has 118 valence electrons. The summed E-state index contributed by atoms with van der Waals surface area (Å²) in [4.78, 5) is 11.1. The van der Waals surface area contributed by atoms with Crippen LogP contribution in [0.5, 0.6) is 0 Å². The average molecular weight is 285 g/mol. The molecule has 0 aromatic rings. The van der Waals surface area contributed by atoms with Gasteiger partial charge in [0, 0.05) is 12.8 Å². The van der Waals surface area contributed by atoms with Gasteiger partial charge in [-0.2, -0.15) is 0 Å². The molecule has 20 heavy (non-hydrogen) atoms. The summed E-state index contributed by atoms with van der Waals surface area (Å²) in [5, 5.41) is 12.7. The Hall–Kier alpha value is -0.610. The van der Waals surface area contributed by atoms with Gasteiger partial charge in [0.2, 0.25) is 5.91 Å². The Morgan fingerprint density at radius 3 is 2.60 bits per heavy atom. The fraction of sp³-hybridized carbons (Fsp3) is 0.938. The lowest BCUT2D eigenvalue weighted by Gasteiger charge is -2.35. The predicted octanol–water partition coefficient (Wildman–Crippen LogP) is 2.55. The summed E-state index contributed by atoms with van der Waals surface area (Å²) in [5.41, 5.74) is 0. The van der Waals surface area contributed by atoms with Crippen molar-refractivity contribution in [2.75, 3.05) is 6.61 Å². The third-order valence-electron chi connectivity index (χ3n) is 5.00. The van der Waals surface area contributed by atoms with E-state index < -0.39 is 6.23 Å². The van der Waals surface area contributed by atoms with Crippen molar-refractivity contribution in [3.63, 3.8) is 0 Å². The number of carbonyl (C=O) groups is 1. The van der Waals surface area contributed by atoms with Crippen LogP contribution in [0.4, 0.5) is 0 Å². The van der Waals surface area contributed by atoms with Crippen LogP contribution in [0, 0.1) is 23.7 Å². The van der Waals surface area contributed by atoms with Crippen LogP contribution in [-0.2, 0) is 9.53 Å². The molecule has 0 radical (unpaired) electrons. The van der Waals surface area contributed by atoms with E-state index in [2.05, 4.69) is 26.1 Å². The van der Waals surface area contributed by atoms with Gasteiger partial charge in [-0.05, 0) is 37.5 Å². The van der Waals surface area contributed by atoms with Crippen molar-refractivity contribution in [2.24, 2.45) is 23.7 Å². The third kappa shape index (κ3) is 4.74. The van der Waals surface area contributed by atoms with Crippen molar-refractivity contribution in [1.82, 2.24) is 5.32 Å². The third-order valence-corrected chi connectivity index (χ3v) is 5.00. The normalized spacial score (nSPS) is 32.0. The standard InChI is InChI=1S/C16H31NO3/c1-6-14-8-7-10(2)20-9-15(14)11(3)12(4)16(19)17-13(5)18/h10-12,14-16,19H,6-9H2,1-5H3,(H,17,18)/t10-,11?,12+,14?,15?,16-/m0/s1. The van der Waals surface area contributed by atoms with Gasteiger partial charge in [-0.25, -0.2) is 0 Å². The van der Waals surface area contributed by atoms with Gasteiger partial charge < -0.3 is 15.2 Å². The van der Waals surface area contributed by atoms with Crippen molar-refractivity contribution in [3.05, 3.63) is 0 Å². The smallest absolute Gasteiger partial charge is 0.218 e. The highest BCUT2D eigenvalue weighted by Crippen LogP contribution is 2.36. The van der Waals surface area contributed by atoms with Crippen LogP contribution in [0.15, 0.2) is 0 Å². The van der Waals surface area contributed by atoms with Gasteiger partial charge in [-0.3, -0.25) is 4.79 Å². The highest BCUT2D eigenvalue weighted by atomic mass is 16.5. The molecule has 1 heterocycles. The number of aliphatic hydroxyl groups is 1. The lowest BCUT2D eigenvalue weighted by Crippen LogP contribution is -2.43. The minimum absolute atomic E-state index is 0.0231. The maximum atomic E-state index is 11.1. The molecule has 2 N–H and O–H groups in total. The number of nitrogens with one attached hydrogen (secondary N) is 1. The Morgan fingerprint density at radius 2 is 2.05 bits per heavy atom. The molecule has 0 aromatic carbocycles. The highest BCUT2D eigenvalue weighted by Gasteiger charge is 2.34. The predicted molar refractivity (Wildman–Crippen MR) is 80.1 cm³/mol. The van der Waals surface area contributed by atoms with Crippen molar-refractivity contribution in [2.45, 2.75) is 66.2 Å². The SMILES string of the molecule is CCC1CC[C@H](C)OCC1C(C)[C@@H](C)[C@H](O)NC(C)=O. The topological polar surface area (TPSA) is 58.6 Å². The first kappa shape index (κ1) is 17.4. The summed E-state index contributed by atoms with van der Waals surface area (Å²) in [7, 11) is 0. The van der Waals surface area contributed by atoms with Crippen molar-refractivity contribution in [3.8, 4) is 0 Å². The first-order valence-electron chi connectivity index (χ1n) is 7.93. The van der Waals surface area contributed by atoms with Crippen molar-refractivity contribution >= 4 is 5.91 Å². The summed E-state index contributed by atoms with van der Waals surface area (Å²) >= 11 is 0. The lowest BCUT2D eigenvalue weighted by atomic mass is 9.74. The van der Waals surface area contributed by atoms with Gasteiger partial charge in [-0.1, -0.05) is 27.2 Å². The molecular weight excluding hydrogens is 254 g/mol. The van der Waals surface area contributed by atoms with E-state index in [0.29, 0.717) is 23.9 Å². The van der Waals surface area contributed by atoms with Crippen LogP contribution in [-0.4, -0.2) is 30.0 Å². The van der Waals surface area contributed by atoms with Crippen LogP contribution >= 0.6 is 0 Å². The molecule has 0 aliphatic carbocycles. The molecular formula is C16H31NO3. The minimum Gasteiger partial charge on any atom is -0.378 e. The molecule has 1 saturated heterocycles. The van der Waals surface area contributed by atoms with E-state index in [4.69, 9.17) is 4.74 Å². The summed E-state index contributed by atoms with van der Waals surface area (Å²) in [5.74, 6) is 1.24. The number of carbonyl (C=O) groups excluding carboxylic acids is 1. The Balaban J connectivity index is 2.70. The van der Waals surface area contributed by atoms with Crippen LogP contribution in [0.25, 0.3) is 0 Å². The first-order chi connectivity index (χ1) is 9.36. The summed E-state index contributed by atoms with van der Waals surface area (Å²) < 4.78 is 5.91. The van der Waals surface area contributed by atoms with E-state index in [1.54, 1.807) is 0 Å². The second-order valence-electron chi connectivity index (χ2n) is 6.42. The number of amides is 1. The van der Waals surface area contributed by atoms with Gasteiger partial charge in [0.15, 0.2) is 0 Å². The molecule has 6 atom stereocenters. The molecule has 1 rings (SSSR count). The Morgan fingerprint density at radius 1 is 1.40 bits per heavy atom. The molecule has 0 spiro atoms. The zero-order valence-corrected chi connectivity index (χ0v) is 13.6. The lowest BCUT2D eigenvalue weighted by molar-refractivity contribution is -0.123. The summed E-state index contributed by atoms with van der Waals surface area (Å²) in [6.07, 6.45) is 3.01. The molecule has 4 heteroatoms. The van der Waals surface area contributed by atoms with Crippen LogP contribution in [0.3, 0.4) is 0 Å². The van der Waals surface area contributed by atoms with E-state index in [1.165, 1.54) is 13.3 Å². The summed E-state index contributed by atoms with van der Waals surface area (Å²) in [6, 6.07) is 0. The molecule has 1 fully saturated rings. The largest absolute Gasteiger partial charge is 0.378 e. The Labute approximate surface area is 123 Å². The number of hydrogen-bond acceptors (Lipinski definition) is 3. The average Bonchev–Trinajstić information content (AvgIpc) is 2.57. The number of rotatable bonds is 5. The first-order valence-corrected chi connectivity index (χ1v) is 7.93. The molecule has 4 nitrogen and oxygen atoms in total. The Bertz CT molecular complexity index is 308. The van der Waals surface area contributed by atoms with E-state index in [0.717, 1.165) is 19.4 Å². The van der Waals surface area contributed by atoms with Gasteiger partial charge in [-0.15, -0.1) is 0 Å². The monoisotopic (exact) mass is 285 g/mol. The van der Waals surface area contributed by atoms with Gasteiger partial charge in [0.1, 0.15) is 6.23 Å². The molecule has 0 saturated carbocycles. The minimum atomic E-state index is -0.777. The van der Waals surface area contributed by atoms with Crippen LogP contribution in [0.1, 0.15) is 53.9 Å². The van der Waals surface area contributed by atoms with E-state index in [1.807, 2.05) is 6.92 Å². The fourth-order valence-electron chi connectivity index (χ4n) is 3.26. The molecule has 0 aromatic heterocycles. The highest BCUT2D eigenvalue weighted by molar-refractivity contribution is 5.72. The zero-order chi connectivity index (χ0) is 15.3. The quantitative estimate of drug-likeness (QED) is 0.763. The molecule has 0 bridgehead atoms. The number of hydrogen-bond donors (Lipinski definition) is 2. The van der Waals surface area contributed by atoms with Crippen LogP contribution < -0.4 is 5.32 Å². The zero-order valence-electron chi connectivity index (χ0n) is 13.6. The van der Waals surface area contributed by atoms with E-state index >= 15 is 0 Å². The van der Waals surface area contributed by atoms with Crippen molar-refractivity contribution in [1.29, 1.82) is 0 Å². The van der Waals surface area contributed by atoms with Crippen molar-refractivity contribution < 1.29 is 14.6 Å². The van der Waals surface area contributed by atoms with E-state index in [9.17, 15) is 9.90 Å². The maximum Gasteiger partial charge on any atom is 0.218 e. The molecule has 3 unspecified atom stereocenters. The molecule has 1 aliphatic rings. The molecule has 1 aliphatic heterocycles. The second-order valence-corrected chi connectivity index (χ2v) is 6.42. The van der Waals surface area contributed by atoms with Crippen LogP contribution in [0.2, 0.25) is 0 Å². The van der Waals surface area contributed by atoms with Gasteiger partial charge in [0.25, 0.3) is 0 Å². The van der Waals surface area contributed by atoms with Gasteiger partial charge in [0.05, 0.1) is 12.7 Å².